The maximum atomic E-state index is 4.94. The number of hydrogen-bond donors (Lipinski definition) is 0. The third kappa shape index (κ3) is 23.3. The molecule has 0 nitrogen and oxygen atoms in total. The largest absolute Gasteiger partial charge is 0.643 e. The summed E-state index contributed by atoms with van der Waals surface area (Å²) in [5.41, 5.74) is 0. The minimum atomic E-state index is -1.72. The topological polar surface area (TPSA) is 0 Å². The Bertz CT molecular complexity index is 11.6. The second-order valence-corrected chi connectivity index (χ2v) is 6.68. The van der Waals surface area contributed by atoms with E-state index in [0.29, 0.717) is 0 Å². The molecule has 0 unspecified atom stereocenters. The third-order valence-electron chi connectivity index (χ3n) is 0. The monoisotopic (exact) mass is 327 g/mol. The zero-order valence-corrected chi connectivity index (χ0v) is 7.72. The molecule has 34 valence electrons. The van der Waals surface area contributed by atoms with Gasteiger partial charge in [-0.3, -0.25) is 0 Å². The quantitative estimate of drug-likeness (QED) is 0.594. The molecule has 0 aliphatic rings. The van der Waals surface area contributed by atoms with Gasteiger partial charge in [-0.25, -0.2) is 30.1 Å². The number of rotatable bonds is 0. The first-order valence-electron chi connectivity index (χ1n) is 0.655. The van der Waals surface area contributed by atoms with Gasteiger partial charge in [-0.05, 0) is 0 Å². The Labute approximate surface area is 62.0 Å². The zero-order chi connectivity index (χ0) is 3.58. The first-order valence-corrected chi connectivity index (χ1v) is 5.89. The fraction of sp³-hybridized carbons (Fsp3) is 0. The standard InChI is InChI=1S/Al.3ClH.Pt/h;3*1H;/q+3;;;;/p-3. The fourth-order valence-corrected chi connectivity index (χ4v) is 0. The van der Waals surface area contributed by atoms with Crippen LogP contribution in [-0.4, -0.2) is 11.4 Å². The molecule has 0 aliphatic heterocycles. The van der Waals surface area contributed by atoms with Gasteiger partial charge in [0.15, 0.2) is 0 Å². The Morgan fingerprint density at radius 3 is 1.00 bits per heavy atom. The molecule has 0 aromatic heterocycles. The van der Waals surface area contributed by atoms with E-state index in [-0.39, 0.29) is 21.1 Å². The first-order chi connectivity index (χ1) is 1.73. The minimum Gasteiger partial charge on any atom is -0.214 e. The van der Waals surface area contributed by atoms with Gasteiger partial charge in [-0.1, -0.05) is 0 Å². The van der Waals surface area contributed by atoms with Crippen LogP contribution in [0.15, 0.2) is 0 Å². The molecule has 0 aliphatic carbocycles. The minimum absolute atomic E-state index is 0. The molecular weight excluding hydrogens is 328 g/mol. The molecule has 5 heteroatoms. The second kappa shape index (κ2) is 6.09. The Kier molecular flexibility index (Phi) is 12.4. The molecule has 0 fully saturated rings. The summed E-state index contributed by atoms with van der Waals surface area (Å²) in [5.74, 6) is 0. The van der Waals surface area contributed by atoms with Crippen molar-refractivity contribution in [1.82, 2.24) is 0 Å². The fourth-order valence-electron chi connectivity index (χ4n) is 0. The van der Waals surface area contributed by atoms with Crippen molar-refractivity contribution in [3.63, 3.8) is 0 Å². The van der Waals surface area contributed by atoms with E-state index < -0.39 is 11.4 Å². The number of halogens is 3. The van der Waals surface area contributed by atoms with Crippen molar-refractivity contribution >= 4 is 41.5 Å². The Morgan fingerprint density at radius 2 is 1.00 bits per heavy atom. The van der Waals surface area contributed by atoms with Crippen molar-refractivity contribution in [2.75, 3.05) is 0 Å². The van der Waals surface area contributed by atoms with Crippen molar-refractivity contribution in [1.29, 1.82) is 0 Å². The van der Waals surface area contributed by atoms with E-state index in [9.17, 15) is 0 Å². The van der Waals surface area contributed by atoms with Crippen molar-refractivity contribution in [2.24, 2.45) is 0 Å². The van der Waals surface area contributed by atoms with Crippen LogP contribution >= 0.6 is 30.1 Å². The molecule has 0 aromatic carbocycles. The van der Waals surface area contributed by atoms with Crippen molar-refractivity contribution in [3.8, 4) is 0 Å². The van der Waals surface area contributed by atoms with Gasteiger partial charge in [0.05, 0.1) is 0 Å². The summed E-state index contributed by atoms with van der Waals surface area (Å²) in [6.45, 7) is 0. The molecule has 0 amide bonds. The van der Waals surface area contributed by atoms with Gasteiger partial charge in [-0.2, -0.15) is 0 Å². The van der Waals surface area contributed by atoms with Crippen LogP contribution in [0.1, 0.15) is 0 Å². The zero-order valence-electron chi connectivity index (χ0n) is 2.03. The smallest absolute Gasteiger partial charge is 0.214 e. The Balaban J connectivity index is 0. The van der Waals surface area contributed by atoms with Crippen LogP contribution < -0.4 is 0 Å². The van der Waals surface area contributed by atoms with E-state index in [2.05, 4.69) is 0 Å². The van der Waals surface area contributed by atoms with Gasteiger partial charge in [0.2, 0.25) is 0 Å². The molecule has 0 saturated heterocycles. The first kappa shape index (κ1) is 10.2. The Hall–Kier alpha value is 2.09. The maximum Gasteiger partial charge on any atom is 0.643 e. The molecule has 0 rings (SSSR count). The SMILES string of the molecule is [Cl][Al]([Cl])[Cl].[Pt]. The van der Waals surface area contributed by atoms with Crippen LogP contribution in [-0.2, 0) is 21.1 Å². The van der Waals surface area contributed by atoms with Crippen LogP contribution in [0.25, 0.3) is 0 Å². The van der Waals surface area contributed by atoms with Gasteiger partial charge >= 0.3 is 11.4 Å². The van der Waals surface area contributed by atoms with E-state index in [0.717, 1.165) is 0 Å². The molecule has 0 aromatic rings. The third-order valence-corrected chi connectivity index (χ3v) is 0. The van der Waals surface area contributed by atoms with Crippen LogP contribution in [0, 0.1) is 0 Å². The van der Waals surface area contributed by atoms with Crippen LogP contribution in [0.5, 0.6) is 0 Å². The average Bonchev–Trinajstić information content (AvgIpc) is 0.811. The summed E-state index contributed by atoms with van der Waals surface area (Å²) in [4.78, 5) is 0. The summed E-state index contributed by atoms with van der Waals surface area (Å²) >= 11 is -1.72. The molecular formula is AlCl3Pt. The second-order valence-electron chi connectivity index (χ2n) is 0.247. The Morgan fingerprint density at radius 1 is 1.00 bits per heavy atom. The van der Waals surface area contributed by atoms with Crippen molar-refractivity contribution < 1.29 is 21.1 Å². The van der Waals surface area contributed by atoms with Crippen LogP contribution in [0.2, 0.25) is 0 Å². The average molecular weight is 328 g/mol. The van der Waals surface area contributed by atoms with Gasteiger partial charge in [0, 0.05) is 21.1 Å². The predicted octanol–water partition coefficient (Wildman–Crippen LogP) is 1.69. The number of hydrogen-bond acceptors (Lipinski definition) is 0. The molecule has 0 bridgehead atoms. The van der Waals surface area contributed by atoms with E-state index in [1.165, 1.54) is 0 Å². The van der Waals surface area contributed by atoms with E-state index in [4.69, 9.17) is 30.1 Å². The van der Waals surface area contributed by atoms with E-state index in [1.54, 1.807) is 0 Å². The molecule has 0 radical (unpaired) electrons. The van der Waals surface area contributed by atoms with Crippen molar-refractivity contribution in [2.45, 2.75) is 0 Å². The summed E-state index contributed by atoms with van der Waals surface area (Å²) in [6.07, 6.45) is 0. The van der Waals surface area contributed by atoms with E-state index in [1.807, 2.05) is 0 Å². The molecule has 0 atom stereocenters. The van der Waals surface area contributed by atoms with Gasteiger partial charge < -0.3 is 0 Å². The van der Waals surface area contributed by atoms with Crippen LogP contribution in [0.4, 0.5) is 0 Å². The summed E-state index contributed by atoms with van der Waals surface area (Å²) in [6, 6.07) is 0. The van der Waals surface area contributed by atoms with Crippen LogP contribution in [0.3, 0.4) is 0 Å². The van der Waals surface area contributed by atoms with Crippen molar-refractivity contribution in [3.05, 3.63) is 0 Å². The molecule has 0 saturated carbocycles. The summed E-state index contributed by atoms with van der Waals surface area (Å²) in [7, 11) is 14.8. The molecule has 0 spiro atoms. The van der Waals surface area contributed by atoms with Gasteiger partial charge in [0.1, 0.15) is 0 Å². The predicted molar refractivity (Wildman–Crippen MR) is 23.3 cm³/mol. The maximum absolute atomic E-state index is 4.94. The van der Waals surface area contributed by atoms with Gasteiger partial charge in [0.25, 0.3) is 0 Å². The summed E-state index contributed by atoms with van der Waals surface area (Å²) in [5, 5.41) is 0. The van der Waals surface area contributed by atoms with E-state index >= 15 is 0 Å². The van der Waals surface area contributed by atoms with Gasteiger partial charge in [-0.15, -0.1) is 0 Å². The molecule has 0 heterocycles. The normalized spacial score (nSPS) is 5.40. The summed E-state index contributed by atoms with van der Waals surface area (Å²) < 4.78 is 0. The molecule has 0 N–H and O–H groups in total. The molecule has 5 heavy (non-hydrogen) atoms.